The Morgan fingerprint density at radius 1 is 1.21 bits per heavy atom. The Balaban J connectivity index is 2.03. The highest BCUT2D eigenvalue weighted by Crippen LogP contribution is 2.21. The molecule has 0 aliphatic rings. The van der Waals surface area contributed by atoms with Gasteiger partial charge in [-0.05, 0) is 35.9 Å². The summed E-state index contributed by atoms with van der Waals surface area (Å²) in [6, 6.07) is 13.0. The lowest BCUT2D eigenvalue weighted by Crippen LogP contribution is -2.39. The molecule has 0 aliphatic carbocycles. The highest BCUT2D eigenvalue weighted by molar-refractivity contribution is 9.10. The Labute approximate surface area is 171 Å². The maximum atomic E-state index is 12.1. The van der Waals surface area contributed by atoms with Crippen molar-refractivity contribution in [2.24, 2.45) is 5.10 Å². The third-order valence-corrected chi connectivity index (χ3v) is 5.15. The molecular weight excluding hydrogens is 450 g/mol. The van der Waals surface area contributed by atoms with Gasteiger partial charge in [0.1, 0.15) is 6.54 Å². The first kappa shape index (κ1) is 21.6. The number of carbonyl (C=O) groups is 2. The van der Waals surface area contributed by atoms with Gasteiger partial charge in [0, 0.05) is 4.47 Å². The van der Waals surface area contributed by atoms with E-state index in [-0.39, 0.29) is 0 Å². The van der Waals surface area contributed by atoms with Gasteiger partial charge in [0.15, 0.2) is 0 Å². The fourth-order valence-electron chi connectivity index (χ4n) is 2.20. The number of nitrogens with one attached hydrogen (secondary N) is 1. The van der Waals surface area contributed by atoms with Gasteiger partial charge in [0.25, 0.3) is 5.91 Å². The molecule has 0 heterocycles. The number of methoxy groups -OCH3 is 1. The zero-order valence-corrected chi connectivity index (χ0v) is 17.5. The highest BCUT2D eigenvalue weighted by atomic mass is 79.9. The first-order valence-corrected chi connectivity index (χ1v) is 10.6. The van der Waals surface area contributed by atoms with E-state index >= 15 is 0 Å². The second kappa shape index (κ2) is 9.47. The maximum Gasteiger partial charge on any atom is 0.337 e. The van der Waals surface area contributed by atoms with Crippen LogP contribution in [0.1, 0.15) is 15.9 Å². The van der Waals surface area contributed by atoms with Crippen LogP contribution >= 0.6 is 15.9 Å². The molecule has 0 spiro atoms. The molecule has 0 saturated carbocycles. The molecule has 0 bridgehead atoms. The molecule has 28 heavy (non-hydrogen) atoms. The number of sulfonamides is 1. The fraction of sp³-hybridized carbons (Fsp3) is 0.167. The number of nitrogens with zero attached hydrogens (tertiary/aromatic N) is 2. The van der Waals surface area contributed by atoms with Crippen LogP contribution in [0.3, 0.4) is 0 Å². The molecule has 2 rings (SSSR count). The number of hydrogen-bond acceptors (Lipinski definition) is 6. The predicted octanol–water partition coefficient (Wildman–Crippen LogP) is 2.15. The van der Waals surface area contributed by atoms with Crippen LogP contribution in [-0.2, 0) is 19.6 Å². The summed E-state index contributed by atoms with van der Waals surface area (Å²) in [6.45, 7) is -0.423. The maximum absolute atomic E-state index is 12.1. The molecule has 1 N–H and O–H groups in total. The van der Waals surface area contributed by atoms with Gasteiger partial charge in [-0.2, -0.15) is 5.10 Å². The first-order valence-electron chi connectivity index (χ1n) is 7.94. The Hall–Kier alpha value is -2.72. The summed E-state index contributed by atoms with van der Waals surface area (Å²) in [5, 5.41) is 3.81. The van der Waals surface area contributed by atoms with Crippen LogP contribution in [-0.4, -0.2) is 46.4 Å². The van der Waals surface area contributed by atoms with Crippen molar-refractivity contribution in [2.75, 3.05) is 24.2 Å². The SMILES string of the molecule is COC(=O)c1ccc(/C=N\NC(=O)CN(c2cccc(Br)c2)S(C)(=O)=O)cc1. The van der Waals surface area contributed by atoms with Crippen LogP contribution in [0.25, 0.3) is 0 Å². The topological polar surface area (TPSA) is 105 Å². The normalized spacial score (nSPS) is 11.2. The Bertz CT molecular complexity index is 991. The third-order valence-electron chi connectivity index (χ3n) is 3.52. The Kier molecular flexibility index (Phi) is 7.30. The van der Waals surface area contributed by atoms with E-state index in [1.807, 2.05) is 0 Å². The molecule has 0 aromatic heterocycles. The molecule has 0 unspecified atom stereocenters. The monoisotopic (exact) mass is 467 g/mol. The van der Waals surface area contributed by atoms with E-state index in [1.165, 1.54) is 13.3 Å². The minimum atomic E-state index is -3.67. The fourth-order valence-corrected chi connectivity index (χ4v) is 3.43. The van der Waals surface area contributed by atoms with Gasteiger partial charge < -0.3 is 4.74 Å². The Morgan fingerprint density at radius 3 is 2.46 bits per heavy atom. The van der Waals surface area contributed by atoms with E-state index in [9.17, 15) is 18.0 Å². The zero-order valence-electron chi connectivity index (χ0n) is 15.1. The molecule has 10 heteroatoms. The highest BCUT2D eigenvalue weighted by Gasteiger charge is 2.20. The summed E-state index contributed by atoms with van der Waals surface area (Å²) in [4.78, 5) is 23.5. The number of benzene rings is 2. The van der Waals surface area contributed by atoms with E-state index in [0.717, 1.165) is 10.6 Å². The number of anilines is 1. The van der Waals surface area contributed by atoms with Crippen LogP contribution in [0.15, 0.2) is 58.1 Å². The van der Waals surface area contributed by atoms with Crippen LogP contribution in [0, 0.1) is 0 Å². The summed E-state index contributed by atoms with van der Waals surface area (Å²) in [5.74, 6) is -1.06. The Morgan fingerprint density at radius 2 is 1.89 bits per heavy atom. The molecule has 148 valence electrons. The molecule has 2 aromatic carbocycles. The van der Waals surface area contributed by atoms with Gasteiger partial charge >= 0.3 is 5.97 Å². The second-order valence-corrected chi connectivity index (χ2v) is 8.48. The lowest BCUT2D eigenvalue weighted by Gasteiger charge is -2.21. The lowest BCUT2D eigenvalue weighted by atomic mass is 10.1. The summed E-state index contributed by atoms with van der Waals surface area (Å²) in [6.07, 6.45) is 2.40. The average molecular weight is 468 g/mol. The number of amides is 1. The van der Waals surface area contributed by atoms with E-state index in [4.69, 9.17) is 0 Å². The molecule has 8 nitrogen and oxygen atoms in total. The number of carbonyl (C=O) groups excluding carboxylic acids is 2. The molecule has 0 radical (unpaired) electrons. The van der Waals surface area contributed by atoms with E-state index in [2.05, 4.69) is 31.2 Å². The van der Waals surface area contributed by atoms with E-state index < -0.39 is 28.4 Å². The van der Waals surface area contributed by atoms with Crippen molar-refractivity contribution in [3.05, 3.63) is 64.1 Å². The quantitative estimate of drug-likeness (QED) is 0.381. The van der Waals surface area contributed by atoms with Crippen molar-refractivity contribution in [1.82, 2.24) is 5.43 Å². The molecule has 2 aromatic rings. The van der Waals surface area contributed by atoms with Gasteiger partial charge in [0.05, 0.1) is 30.8 Å². The van der Waals surface area contributed by atoms with Crippen LogP contribution < -0.4 is 9.73 Å². The minimum Gasteiger partial charge on any atom is -0.465 e. The van der Waals surface area contributed by atoms with Crippen molar-refractivity contribution < 1.29 is 22.7 Å². The zero-order chi connectivity index (χ0) is 20.7. The van der Waals surface area contributed by atoms with Crippen molar-refractivity contribution in [1.29, 1.82) is 0 Å². The number of rotatable bonds is 7. The number of ether oxygens (including phenoxy) is 1. The van der Waals surface area contributed by atoms with Crippen molar-refractivity contribution in [2.45, 2.75) is 0 Å². The van der Waals surface area contributed by atoms with Gasteiger partial charge in [-0.3, -0.25) is 9.10 Å². The first-order chi connectivity index (χ1) is 13.2. The van der Waals surface area contributed by atoms with E-state index in [0.29, 0.717) is 21.3 Å². The summed E-state index contributed by atoms with van der Waals surface area (Å²) in [7, 11) is -2.37. The average Bonchev–Trinajstić information content (AvgIpc) is 2.65. The molecule has 0 atom stereocenters. The number of esters is 1. The smallest absolute Gasteiger partial charge is 0.337 e. The van der Waals surface area contributed by atoms with Crippen LogP contribution in [0.5, 0.6) is 0 Å². The minimum absolute atomic E-state index is 0.356. The van der Waals surface area contributed by atoms with Gasteiger partial charge in [-0.15, -0.1) is 0 Å². The molecule has 0 aliphatic heterocycles. The third kappa shape index (κ3) is 6.17. The lowest BCUT2D eigenvalue weighted by molar-refractivity contribution is -0.119. The predicted molar refractivity (Wildman–Crippen MR) is 110 cm³/mol. The molecule has 0 saturated heterocycles. The van der Waals surface area contributed by atoms with Gasteiger partial charge in [0.2, 0.25) is 10.0 Å². The molecule has 0 fully saturated rings. The number of hydrogen-bond donors (Lipinski definition) is 1. The number of halogens is 1. The largest absolute Gasteiger partial charge is 0.465 e. The summed E-state index contributed by atoms with van der Waals surface area (Å²) >= 11 is 3.28. The van der Waals surface area contributed by atoms with Crippen LogP contribution in [0.2, 0.25) is 0 Å². The van der Waals surface area contributed by atoms with Crippen molar-refractivity contribution in [3.8, 4) is 0 Å². The van der Waals surface area contributed by atoms with Crippen molar-refractivity contribution >= 4 is 49.7 Å². The molecule has 1 amide bonds. The second-order valence-electron chi connectivity index (χ2n) is 5.66. The molecular formula is C18H18BrN3O5S. The van der Waals surface area contributed by atoms with E-state index in [1.54, 1.807) is 48.5 Å². The van der Waals surface area contributed by atoms with Crippen LogP contribution in [0.4, 0.5) is 5.69 Å². The van der Waals surface area contributed by atoms with Gasteiger partial charge in [-0.1, -0.05) is 34.1 Å². The summed E-state index contributed by atoms with van der Waals surface area (Å²) < 4.78 is 30.4. The standard InChI is InChI=1S/C18H18BrN3O5S/c1-27-18(24)14-8-6-13(7-9-14)11-20-21-17(23)12-22(28(2,25)26)16-5-3-4-15(19)10-16/h3-11H,12H2,1-2H3,(H,21,23)/b20-11-. The van der Waals surface area contributed by atoms with Crippen molar-refractivity contribution in [3.63, 3.8) is 0 Å². The van der Waals surface area contributed by atoms with Gasteiger partial charge in [-0.25, -0.2) is 18.6 Å². The number of hydrazone groups is 1. The summed E-state index contributed by atoms with van der Waals surface area (Å²) in [5.41, 5.74) is 3.67.